The fraction of sp³-hybridized carbons (Fsp3) is 0.154. The molecular formula is C13H12ClNO4S2. The summed E-state index contributed by atoms with van der Waals surface area (Å²) in [7, 11) is -7.41. The van der Waals surface area contributed by atoms with Gasteiger partial charge in [-0.2, -0.15) is 0 Å². The molecule has 2 aromatic rings. The molecule has 0 saturated carbocycles. The highest BCUT2D eigenvalue weighted by molar-refractivity contribution is 7.95. The Balaban J connectivity index is 2.17. The summed E-state index contributed by atoms with van der Waals surface area (Å²) in [5, 5.41) is 0.284. The molecule has 0 aliphatic heterocycles. The van der Waals surface area contributed by atoms with Crippen molar-refractivity contribution in [1.82, 2.24) is 4.98 Å². The van der Waals surface area contributed by atoms with E-state index in [9.17, 15) is 16.8 Å². The van der Waals surface area contributed by atoms with Crippen molar-refractivity contribution in [2.24, 2.45) is 0 Å². The minimum absolute atomic E-state index is 0.0446. The molecular weight excluding hydrogens is 334 g/mol. The predicted octanol–water partition coefficient (Wildman–Crippen LogP) is 1.98. The third-order valence-corrected chi connectivity index (χ3v) is 6.61. The molecule has 0 unspecified atom stereocenters. The molecule has 1 heterocycles. The van der Waals surface area contributed by atoms with Crippen LogP contribution in [0.25, 0.3) is 0 Å². The normalized spacial score (nSPS) is 12.2. The molecule has 0 N–H and O–H groups in total. The molecule has 0 amide bonds. The zero-order valence-electron chi connectivity index (χ0n) is 10.8. The lowest BCUT2D eigenvalue weighted by Crippen LogP contribution is -2.18. The molecule has 0 bridgehead atoms. The van der Waals surface area contributed by atoms with Crippen LogP contribution in [0, 0.1) is 0 Å². The molecule has 0 radical (unpaired) electrons. The Morgan fingerprint density at radius 3 is 2.05 bits per heavy atom. The molecule has 5 nitrogen and oxygen atoms in total. The highest BCUT2D eigenvalue weighted by atomic mass is 35.5. The van der Waals surface area contributed by atoms with Crippen molar-refractivity contribution in [1.29, 1.82) is 0 Å². The molecule has 1 aromatic heterocycles. The second kappa shape index (κ2) is 6.13. The van der Waals surface area contributed by atoms with Gasteiger partial charge in [-0.3, -0.25) is 0 Å². The van der Waals surface area contributed by atoms with Crippen molar-refractivity contribution in [3.05, 3.63) is 53.7 Å². The zero-order chi connectivity index (χ0) is 15.5. The first-order chi connectivity index (χ1) is 9.81. The summed E-state index contributed by atoms with van der Waals surface area (Å²) in [6.07, 6.45) is 1.35. The van der Waals surface area contributed by atoms with E-state index in [1.807, 2.05) is 0 Å². The summed E-state index contributed by atoms with van der Waals surface area (Å²) < 4.78 is 48.2. The van der Waals surface area contributed by atoms with Gasteiger partial charge in [0.1, 0.15) is 0 Å². The van der Waals surface area contributed by atoms with E-state index in [4.69, 9.17) is 11.6 Å². The van der Waals surface area contributed by atoms with E-state index in [2.05, 4.69) is 4.98 Å². The maximum atomic E-state index is 12.1. The number of aromatic nitrogens is 1. The molecule has 0 aliphatic rings. The van der Waals surface area contributed by atoms with Gasteiger partial charge < -0.3 is 0 Å². The molecule has 0 saturated heterocycles. The number of rotatable bonds is 5. The van der Waals surface area contributed by atoms with Crippen LogP contribution in [0.15, 0.2) is 58.6 Å². The highest BCUT2D eigenvalue weighted by Gasteiger charge is 2.22. The maximum Gasteiger partial charge on any atom is 0.196 e. The van der Waals surface area contributed by atoms with Crippen LogP contribution >= 0.6 is 11.6 Å². The Kier molecular flexibility index (Phi) is 4.65. The van der Waals surface area contributed by atoms with E-state index >= 15 is 0 Å². The van der Waals surface area contributed by atoms with Crippen molar-refractivity contribution in [2.75, 3.05) is 11.5 Å². The van der Waals surface area contributed by atoms with Gasteiger partial charge >= 0.3 is 0 Å². The van der Waals surface area contributed by atoms with Crippen molar-refractivity contribution < 1.29 is 16.8 Å². The molecule has 112 valence electrons. The Morgan fingerprint density at radius 2 is 1.48 bits per heavy atom. The van der Waals surface area contributed by atoms with Crippen LogP contribution in [0.4, 0.5) is 0 Å². The van der Waals surface area contributed by atoms with Gasteiger partial charge in [-0.1, -0.05) is 17.7 Å². The van der Waals surface area contributed by atoms with Crippen molar-refractivity contribution in [3.8, 4) is 0 Å². The first kappa shape index (κ1) is 15.9. The van der Waals surface area contributed by atoms with Crippen molar-refractivity contribution in [3.63, 3.8) is 0 Å². The lowest BCUT2D eigenvalue weighted by Gasteiger charge is -2.05. The third kappa shape index (κ3) is 4.03. The van der Waals surface area contributed by atoms with Crippen LogP contribution < -0.4 is 0 Å². The number of benzene rings is 1. The van der Waals surface area contributed by atoms with Crippen LogP contribution in [-0.2, 0) is 19.7 Å². The lowest BCUT2D eigenvalue weighted by atomic mass is 10.4. The maximum absolute atomic E-state index is 12.1. The SMILES string of the molecule is O=S(=O)(CCS(=O)(=O)c1ccccn1)c1ccc(Cl)cc1. The van der Waals surface area contributed by atoms with Crippen molar-refractivity contribution >= 4 is 31.3 Å². The molecule has 2 rings (SSSR count). The zero-order valence-corrected chi connectivity index (χ0v) is 13.2. The Labute approximate surface area is 128 Å². The Morgan fingerprint density at radius 1 is 0.857 bits per heavy atom. The van der Waals surface area contributed by atoms with Gasteiger partial charge in [0.25, 0.3) is 0 Å². The number of hydrogen-bond donors (Lipinski definition) is 0. The van der Waals surface area contributed by atoms with E-state index in [0.717, 1.165) is 0 Å². The van der Waals surface area contributed by atoms with Gasteiger partial charge in [0, 0.05) is 11.2 Å². The van der Waals surface area contributed by atoms with Crippen LogP contribution in [0.5, 0.6) is 0 Å². The number of sulfone groups is 2. The van der Waals surface area contributed by atoms with Gasteiger partial charge in [-0.15, -0.1) is 0 Å². The van der Waals surface area contributed by atoms with Crippen LogP contribution in [0.3, 0.4) is 0 Å². The molecule has 8 heteroatoms. The Bertz CT molecular complexity index is 816. The smallest absolute Gasteiger partial charge is 0.196 e. The summed E-state index contributed by atoms with van der Waals surface area (Å²) in [5.74, 6) is -1.03. The summed E-state index contributed by atoms with van der Waals surface area (Å²) in [6, 6.07) is 10.1. The average Bonchev–Trinajstić information content (AvgIpc) is 2.47. The summed E-state index contributed by atoms with van der Waals surface area (Å²) >= 11 is 5.69. The van der Waals surface area contributed by atoms with E-state index < -0.39 is 31.2 Å². The molecule has 0 fully saturated rings. The standard InChI is InChI=1S/C13H12ClNO4S2/c14-11-4-6-12(7-5-11)20(16,17)9-10-21(18,19)13-3-1-2-8-15-13/h1-8H,9-10H2. The number of hydrogen-bond acceptors (Lipinski definition) is 5. The average molecular weight is 346 g/mol. The number of halogens is 1. The van der Waals surface area contributed by atoms with E-state index in [-0.39, 0.29) is 9.92 Å². The summed E-state index contributed by atoms with van der Waals surface area (Å²) in [4.78, 5) is 3.78. The van der Waals surface area contributed by atoms with E-state index in [0.29, 0.717) is 5.02 Å². The van der Waals surface area contributed by atoms with E-state index in [1.54, 1.807) is 6.07 Å². The summed E-state index contributed by atoms with van der Waals surface area (Å²) in [5.41, 5.74) is 0. The molecule has 0 atom stereocenters. The third-order valence-electron chi connectivity index (χ3n) is 2.75. The second-order valence-electron chi connectivity index (χ2n) is 4.26. The lowest BCUT2D eigenvalue weighted by molar-refractivity contribution is 0.585. The first-order valence-electron chi connectivity index (χ1n) is 5.93. The van der Waals surface area contributed by atoms with Gasteiger partial charge in [0.05, 0.1) is 16.4 Å². The van der Waals surface area contributed by atoms with Crippen molar-refractivity contribution in [2.45, 2.75) is 9.92 Å². The topological polar surface area (TPSA) is 81.2 Å². The van der Waals surface area contributed by atoms with Gasteiger partial charge in [-0.25, -0.2) is 21.8 Å². The predicted molar refractivity (Wildman–Crippen MR) is 79.8 cm³/mol. The second-order valence-corrected chi connectivity index (χ2v) is 8.86. The largest absolute Gasteiger partial charge is 0.245 e. The van der Waals surface area contributed by atoms with Crippen LogP contribution in [-0.4, -0.2) is 33.3 Å². The number of nitrogens with zero attached hydrogens (tertiary/aromatic N) is 1. The Hall–Kier alpha value is -1.44. The van der Waals surface area contributed by atoms with Gasteiger partial charge in [0.2, 0.25) is 0 Å². The van der Waals surface area contributed by atoms with Gasteiger partial charge in [0.15, 0.2) is 24.7 Å². The molecule has 0 spiro atoms. The number of pyridine rings is 1. The quantitative estimate of drug-likeness (QED) is 0.827. The first-order valence-corrected chi connectivity index (χ1v) is 9.62. The van der Waals surface area contributed by atoms with E-state index in [1.165, 1.54) is 42.6 Å². The minimum atomic E-state index is -3.73. The van der Waals surface area contributed by atoms with Crippen LogP contribution in [0.1, 0.15) is 0 Å². The fourth-order valence-corrected chi connectivity index (χ4v) is 5.00. The minimum Gasteiger partial charge on any atom is -0.245 e. The molecule has 1 aromatic carbocycles. The van der Waals surface area contributed by atoms with Crippen LogP contribution in [0.2, 0.25) is 5.02 Å². The molecule has 0 aliphatic carbocycles. The summed E-state index contributed by atoms with van der Waals surface area (Å²) in [6.45, 7) is 0. The highest BCUT2D eigenvalue weighted by Crippen LogP contribution is 2.16. The monoisotopic (exact) mass is 345 g/mol. The molecule has 21 heavy (non-hydrogen) atoms. The van der Waals surface area contributed by atoms with Gasteiger partial charge in [-0.05, 0) is 36.4 Å². The fourth-order valence-electron chi connectivity index (χ4n) is 1.61.